The van der Waals surface area contributed by atoms with Crippen LogP contribution < -0.4 is 5.32 Å². The van der Waals surface area contributed by atoms with Gasteiger partial charge in [0.05, 0.1) is 5.56 Å². The third-order valence-electron chi connectivity index (χ3n) is 4.48. The van der Waals surface area contributed by atoms with Crippen LogP contribution in [-0.2, 0) is 0 Å². The SMILES string of the molecule is O=C(c1cnc(NC2CCCC2)nc1)N1CCCCCC1. The Kier molecular flexibility index (Phi) is 4.68. The highest BCUT2D eigenvalue weighted by atomic mass is 16.2. The van der Waals surface area contributed by atoms with Gasteiger partial charge in [0.25, 0.3) is 5.91 Å². The first-order chi connectivity index (χ1) is 10.3. The maximum Gasteiger partial charge on any atom is 0.256 e. The number of amides is 1. The van der Waals surface area contributed by atoms with Gasteiger partial charge in [-0.05, 0) is 25.7 Å². The van der Waals surface area contributed by atoms with Crippen molar-refractivity contribution in [2.45, 2.75) is 57.4 Å². The second-order valence-corrected chi connectivity index (χ2v) is 6.13. The van der Waals surface area contributed by atoms with E-state index in [-0.39, 0.29) is 5.91 Å². The molecule has 21 heavy (non-hydrogen) atoms. The summed E-state index contributed by atoms with van der Waals surface area (Å²) in [6, 6.07) is 0.497. The van der Waals surface area contributed by atoms with Crippen LogP contribution in [0.25, 0.3) is 0 Å². The van der Waals surface area contributed by atoms with Crippen LogP contribution in [-0.4, -0.2) is 39.9 Å². The minimum absolute atomic E-state index is 0.0734. The van der Waals surface area contributed by atoms with Gasteiger partial charge < -0.3 is 10.2 Å². The van der Waals surface area contributed by atoms with Crippen LogP contribution in [0.1, 0.15) is 61.7 Å². The standard InChI is InChI=1S/C16H24N4O/c21-15(20-9-5-1-2-6-10-20)13-11-17-16(18-12-13)19-14-7-3-4-8-14/h11-12,14H,1-10H2,(H,17,18,19). The number of carbonyl (C=O) groups excluding carboxylic acids is 1. The van der Waals surface area contributed by atoms with Gasteiger partial charge in [-0.3, -0.25) is 4.79 Å². The monoisotopic (exact) mass is 288 g/mol. The second kappa shape index (κ2) is 6.87. The van der Waals surface area contributed by atoms with Gasteiger partial charge in [-0.2, -0.15) is 0 Å². The molecule has 2 aliphatic rings. The van der Waals surface area contributed by atoms with Crippen molar-refractivity contribution in [3.05, 3.63) is 18.0 Å². The Morgan fingerprint density at radius 1 is 1.00 bits per heavy atom. The van der Waals surface area contributed by atoms with Crippen molar-refractivity contribution in [1.29, 1.82) is 0 Å². The van der Waals surface area contributed by atoms with Crippen molar-refractivity contribution in [2.24, 2.45) is 0 Å². The predicted octanol–water partition coefficient (Wildman–Crippen LogP) is 2.85. The fourth-order valence-electron chi connectivity index (χ4n) is 3.22. The summed E-state index contributed by atoms with van der Waals surface area (Å²) in [5.41, 5.74) is 0.605. The minimum Gasteiger partial charge on any atom is -0.351 e. The lowest BCUT2D eigenvalue weighted by molar-refractivity contribution is 0.0761. The van der Waals surface area contributed by atoms with Gasteiger partial charge in [0.1, 0.15) is 0 Å². The van der Waals surface area contributed by atoms with Gasteiger partial charge >= 0.3 is 0 Å². The molecular formula is C16H24N4O. The highest BCUT2D eigenvalue weighted by Gasteiger charge is 2.19. The molecule has 1 amide bonds. The van der Waals surface area contributed by atoms with Gasteiger partial charge in [0.2, 0.25) is 5.95 Å². The fourth-order valence-corrected chi connectivity index (χ4v) is 3.22. The summed E-state index contributed by atoms with van der Waals surface area (Å²) in [4.78, 5) is 23.0. The number of hydrogen-bond donors (Lipinski definition) is 1. The van der Waals surface area contributed by atoms with E-state index < -0.39 is 0 Å². The summed E-state index contributed by atoms with van der Waals surface area (Å²) in [5, 5.41) is 3.35. The first-order valence-corrected chi connectivity index (χ1v) is 8.21. The van der Waals surface area contributed by atoms with E-state index in [1.165, 1.54) is 38.5 Å². The van der Waals surface area contributed by atoms with E-state index in [0.717, 1.165) is 25.9 Å². The Bertz CT molecular complexity index is 460. The zero-order valence-corrected chi connectivity index (χ0v) is 12.6. The van der Waals surface area contributed by atoms with E-state index in [2.05, 4.69) is 15.3 Å². The van der Waals surface area contributed by atoms with Crippen LogP contribution in [0.3, 0.4) is 0 Å². The molecule has 114 valence electrons. The smallest absolute Gasteiger partial charge is 0.256 e. The van der Waals surface area contributed by atoms with E-state index in [1.807, 2.05) is 4.90 Å². The topological polar surface area (TPSA) is 58.1 Å². The Morgan fingerprint density at radius 2 is 1.62 bits per heavy atom. The van der Waals surface area contributed by atoms with Crippen molar-refractivity contribution in [3.63, 3.8) is 0 Å². The second-order valence-electron chi connectivity index (χ2n) is 6.13. The van der Waals surface area contributed by atoms with E-state index in [0.29, 0.717) is 17.6 Å². The molecule has 1 aliphatic heterocycles. The summed E-state index contributed by atoms with van der Waals surface area (Å²) >= 11 is 0. The molecular weight excluding hydrogens is 264 g/mol. The molecule has 1 aromatic rings. The molecule has 0 atom stereocenters. The van der Waals surface area contributed by atoms with E-state index >= 15 is 0 Å². The Morgan fingerprint density at radius 3 is 2.24 bits per heavy atom. The number of likely N-dealkylation sites (tertiary alicyclic amines) is 1. The summed E-state index contributed by atoms with van der Waals surface area (Å²) in [5.74, 6) is 0.721. The first-order valence-electron chi connectivity index (χ1n) is 8.21. The van der Waals surface area contributed by atoms with Crippen molar-refractivity contribution in [3.8, 4) is 0 Å². The van der Waals surface area contributed by atoms with E-state index in [1.54, 1.807) is 12.4 Å². The maximum atomic E-state index is 12.4. The Labute approximate surface area is 126 Å². The lowest BCUT2D eigenvalue weighted by Gasteiger charge is -2.20. The van der Waals surface area contributed by atoms with Gasteiger partial charge in [0, 0.05) is 31.5 Å². The van der Waals surface area contributed by atoms with Crippen molar-refractivity contribution < 1.29 is 4.79 Å². The predicted molar refractivity (Wildman–Crippen MR) is 82.3 cm³/mol. The van der Waals surface area contributed by atoms with Crippen LogP contribution in [0.15, 0.2) is 12.4 Å². The van der Waals surface area contributed by atoms with Gasteiger partial charge in [-0.25, -0.2) is 9.97 Å². The summed E-state index contributed by atoms with van der Waals surface area (Å²) < 4.78 is 0. The van der Waals surface area contributed by atoms with Crippen LogP contribution in [0.2, 0.25) is 0 Å². The molecule has 1 aromatic heterocycles. The molecule has 1 aliphatic carbocycles. The van der Waals surface area contributed by atoms with Crippen LogP contribution in [0.5, 0.6) is 0 Å². The minimum atomic E-state index is 0.0734. The van der Waals surface area contributed by atoms with Crippen LogP contribution in [0.4, 0.5) is 5.95 Å². The largest absolute Gasteiger partial charge is 0.351 e. The molecule has 3 rings (SSSR count). The number of aromatic nitrogens is 2. The van der Waals surface area contributed by atoms with Crippen molar-refractivity contribution in [2.75, 3.05) is 18.4 Å². The van der Waals surface area contributed by atoms with Gasteiger partial charge in [0.15, 0.2) is 0 Å². The number of nitrogens with one attached hydrogen (secondary N) is 1. The number of hydrogen-bond acceptors (Lipinski definition) is 4. The third kappa shape index (κ3) is 3.71. The van der Waals surface area contributed by atoms with Crippen LogP contribution in [0, 0.1) is 0 Å². The fraction of sp³-hybridized carbons (Fsp3) is 0.688. The summed E-state index contributed by atoms with van der Waals surface area (Å²) in [6.07, 6.45) is 12.9. The first kappa shape index (κ1) is 14.3. The molecule has 1 N–H and O–H groups in total. The highest BCUT2D eigenvalue weighted by molar-refractivity contribution is 5.93. The van der Waals surface area contributed by atoms with E-state index in [9.17, 15) is 4.79 Å². The molecule has 1 saturated carbocycles. The quantitative estimate of drug-likeness (QED) is 0.929. The Hall–Kier alpha value is -1.65. The average molecular weight is 288 g/mol. The zero-order valence-electron chi connectivity index (χ0n) is 12.6. The van der Waals surface area contributed by atoms with Gasteiger partial charge in [-0.15, -0.1) is 0 Å². The summed E-state index contributed by atoms with van der Waals surface area (Å²) in [7, 11) is 0. The van der Waals surface area contributed by atoms with Crippen LogP contribution >= 0.6 is 0 Å². The number of nitrogens with zero attached hydrogens (tertiary/aromatic N) is 3. The normalized spacial score (nSPS) is 20.3. The molecule has 5 heteroatoms. The number of rotatable bonds is 3. The third-order valence-corrected chi connectivity index (χ3v) is 4.48. The zero-order chi connectivity index (χ0) is 14.5. The highest BCUT2D eigenvalue weighted by Crippen LogP contribution is 2.20. The molecule has 1 saturated heterocycles. The van der Waals surface area contributed by atoms with Crippen molar-refractivity contribution in [1.82, 2.24) is 14.9 Å². The molecule has 0 unspecified atom stereocenters. The molecule has 2 fully saturated rings. The molecule has 0 bridgehead atoms. The maximum absolute atomic E-state index is 12.4. The van der Waals surface area contributed by atoms with Gasteiger partial charge in [-0.1, -0.05) is 25.7 Å². The number of carbonyl (C=O) groups is 1. The lowest BCUT2D eigenvalue weighted by Crippen LogP contribution is -2.32. The summed E-state index contributed by atoms with van der Waals surface area (Å²) in [6.45, 7) is 1.72. The molecule has 0 radical (unpaired) electrons. The van der Waals surface area contributed by atoms with E-state index in [4.69, 9.17) is 0 Å². The lowest BCUT2D eigenvalue weighted by atomic mass is 10.2. The molecule has 5 nitrogen and oxygen atoms in total. The Balaban J connectivity index is 1.61. The molecule has 0 aromatic carbocycles. The van der Waals surface area contributed by atoms with Crippen molar-refractivity contribution >= 4 is 11.9 Å². The number of anilines is 1. The molecule has 0 spiro atoms. The molecule has 2 heterocycles. The average Bonchev–Trinajstić information content (AvgIpc) is 2.87.